The molecule has 1 saturated carbocycles. The largest absolute Gasteiger partial charge is 0.446 e. The molecule has 124 valence electrons. The minimum atomic E-state index is -0.452. The molecule has 1 saturated heterocycles. The standard InChI is InChI=1S/C15H19N3O4S/c19-15(16-7-10-1-3-11(4-2-10)18(20)21)22-13-5-12(6-13)17-8-14(23)9-17/h1-4,12-14,23H,5-9H2,(H,16,19). The van der Waals surface area contributed by atoms with Crippen molar-refractivity contribution in [2.24, 2.45) is 0 Å². The van der Waals surface area contributed by atoms with Crippen LogP contribution in [0.4, 0.5) is 10.5 Å². The maximum Gasteiger partial charge on any atom is 0.407 e. The second-order valence-electron chi connectivity index (χ2n) is 6.04. The zero-order valence-electron chi connectivity index (χ0n) is 12.6. The fourth-order valence-corrected chi connectivity index (χ4v) is 3.24. The third kappa shape index (κ3) is 3.94. The molecule has 7 nitrogen and oxygen atoms in total. The summed E-state index contributed by atoms with van der Waals surface area (Å²) in [6.07, 6.45) is 1.30. The molecule has 0 unspecified atom stereocenters. The highest BCUT2D eigenvalue weighted by molar-refractivity contribution is 7.81. The highest BCUT2D eigenvalue weighted by atomic mass is 32.1. The van der Waals surface area contributed by atoms with Crippen molar-refractivity contribution in [3.05, 3.63) is 39.9 Å². The number of nitro groups is 1. The predicted molar refractivity (Wildman–Crippen MR) is 87.6 cm³/mol. The molecule has 0 spiro atoms. The summed E-state index contributed by atoms with van der Waals surface area (Å²) in [4.78, 5) is 24.2. The molecule has 0 bridgehead atoms. The number of amides is 1. The van der Waals surface area contributed by atoms with Crippen LogP contribution >= 0.6 is 12.6 Å². The Morgan fingerprint density at radius 2 is 2.00 bits per heavy atom. The summed E-state index contributed by atoms with van der Waals surface area (Å²) in [5.74, 6) is 0. The van der Waals surface area contributed by atoms with Crippen LogP contribution in [0.5, 0.6) is 0 Å². The predicted octanol–water partition coefficient (Wildman–Crippen LogP) is 1.97. The molecule has 2 aliphatic rings. The van der Waals surface area contributed by atoms with Crippen LogP contribution in [0, 0.1) is 10.1 Å². The number of benzene rings is 1. The van der Waals surface area contributed by atoms with Gasteiger partial charge in [-0.15, -0.1) is 0 Å². The van der Waals surface area contributed by atoms with E-state index in [4.69, 9.17) is 4.74 Å². The number of nitrogens with one attached hydrogen (secondary N) is 1. The maximum atomic E-state index is 11.7. The molecule has 0 radical (unpaired) electrons. The number of nitro benzene ring substituents is 1. The first kappa shape index (κ1) is 16.1. The molecular weight excluding hydrogens is 318 g/mol. The Labute approximate surface area is 139 Å². The lowest BCUT2D eigenvalue weighted by Gasteiger charge is -2.48. The number of likely N-dealkylation sites (tertiary alicyclic amines) is 1. The van der Waals surface area contributed by atoms with E-state index in [2.05, 4.69) is 22.8 Å². The maximum absolute atomic E-state index is 11.7. The van der Waals surface area contributed by atoms with Crippen LogP contribution in [0.15, 0.2) is 24.3 Å². The molecular formula is C15H19N3O4S. The number of hydrogen-bond acceptors (Lipinski definition) is 6. The van der Waals surface area contributed by atoms with Gasteiger partial charge in [0.05, 0.1) is 4.92 Å². The van der Waals surface area contributed by atoms with Gasteiger partial charge < -0.3 is 10.1 Å². The van der Waals surface area contributed by atoms with Crippen molar-refractivity contribution in [1.29, 1.82) is 0 Å². The van der Waals surface area contributed by atoms with E-state index in [0.717, 1.165) is 31.5 Å². The smallest absolute Gasteiger partial charge is 0.407 e. The van der Waals surface area contributed by atoms with Gasteiger partial charge >= 0.3 is 6.09 Å². The van der Waals surface area contributed by atoms with Crippen LogP contribution in [0.2, 0.25) is 0 Å². The minimum Gasteiger partial charge on any atom is -0.446 e. The number of ether oxygens (including phenoxy) is 1. The Morgan fingerprint density at radius 1 is 1.35 bits per heavy atom. The Kier molecular flexibility index (Phi) is 4.72. The molecule has 0 aromatic heterocycles. The molecule has 1 aliphatic carbocycles. The average molecular weight is 337 g/mol. The monoisotopic (exact) mass is 337 g/mol. The summed E-state index contributed by atoms with van der Waals surface area (Å²) < 4.78 is 5.34. The van der Waals surface area contributed by atoms with Gasteiger partial charge in [0.2, 0.25) is 0 Å². The molecule has 1 aromatic rings. The number of non-ortho nitro benzene ring substituents is 1. The second-order valence-corrected chi connectivity index (χ2v) is 6.77. The summed E-state index contributed by atoms with van der Waals surface area (Å²) >= 11 is 4.39. The third-order valence-electron chi connectivity index (χ3n) is 4.33. The van der Waals surface area contributed by atoms with E-state index in [0.29, 0.717) is 17.8 Å². The van der Waals surface area contributed by atoms with Crippen molar-refractivity contribution in [2.75, 3.05) is 13.1 Å². The van der Waals surface area contributed by atoms with Crippen LogP contribution in [0.3, 0.4) is 0 Å². The highest BCUT2D eigenvalue weighted by Crippen LogP contribution is 2.32. The first-order valence-corrected chi connectivity index (χ1v) is 8.13. The lowest BCUT2D eigenvalue weighted by Crippen LogP contribution is -2.59. The van der Waals surface area contributed by atoms with Crippen molar-refractivity contribution in [1.82, 2.24) is 10.2 Å². The molecule has 1 aliphatic heterocycles. The first-order valence-electron chi connectivity index (χ1n) is 7.61. The third-order valence-corrected chi connectivity index (χ3v) is 4.66. The molecule has 0 atom stereocenters. The van der Waals surface area contributed by atoms with E-state index in [1.54, 1.807) is 12.1 Å². The Balaban J connectivity index is 1.35. The second kappa shape index (κ2) is 6.76. The Hall–Kier alpha value is -1.80. The van der Waals surface area contributed by atoms with Crippen LogP contribution in [-0.4, -0.2) is 46.4 Å². The van der Waals surface area contributed by atoms with Crippen molar-refractivity contribution >= 4 is 24.4 Å². The summed E-state index contributed by atoms with van der Waals surface area (Å²) in [6, 6.07) is 6.60. The molecule has 1 N–H and O–H groups in total. The van der Waals surface area contributed by atoms with Gasteiger partial charge in [0.15, 0.2) is 0 Å². The molecule has 1 aromatic carbocycles. The van der Waals surface area contributed by atoms with Gasteiger partial charge in [-0.2, -0.15) is 12.6 Å². The number of carbonyl (C=O) groups is 1. The van der Waals surface area contributed by atoms with Crippen molar-refractivity contribution in [3.8, 4) is 0 Å². The molecule has 8 heteroatoms. The number of alkyl carbamates (subject to hydrolysis) is 1. The van der Waals surface area contributed by atoms with Crippen molar-refractivity contribution < 1.29 is 14.5 Å². The molecule has 3 rings (SSSR count). The van der Waals surface area contributed by atoms with Crippen molar-refractivity contribution in [2.45, 2.75) is 36.8 Å². The quantitative estimate of drug-likeness (QED) is 0.487. The van der Waals surface area contributed by atoms with Gasteiger partial charge in [-0.3, -0.25) is 15.0 Å². The van der Waals surface area contributed by atoms with Gasteiger partial charge in [0.1, 0.15) is 6.10 Å². The summed E-state index contributed by atoms with van der Waals surface area (Å²) in [5.41, 5.74) is 0.825. The Morgan fingerprint density at radius 3 is 2.57 bits per heavy atom. The van der Waals surface area contributed by atoms with Gasteiger partial charge in [-0.05, 0) is 5.56 Å². The number of carbonyl (C=O) groups excluding carboxylic acids is 1. The van der Waals surface area contributed by atoms with Gasteiger partial charge in [-0.25, -0.2) is 4.79 Å². The fourth-order valence-electron chi connectivity index (χ4n) is 2.82. The van der Waals surface area contributed by atoms with Gasteiger partial charge in [0.25, 0.3) is 5.69 Å². The van der Waals surface area contributed by atoms with Crippen LogP contribution in [-0.2, 0) is 11.3 Å². The van der Waals surface area contributed by atoms with Crippen molar-refractivity contribution in [3.63, 3.8) is 0 Å². The Bertz CT molecular complexity index is 583. The lowest BCUT2D eigenvalue weighted by molar-refractivity contribution is -0.384. The van der Waals surface area contributed by atoms with E-state index in [1.807, 2.05) is 0 Å². The van der Waals surface area contributed by atoms with Crippen LogP contribution < -0.4 is 5.32 Å². The van der Waals surface area contributed by atoms with E-state index in [-0.39, 0.29) is 11.8 Å². The summed E-state index contributed by atoms with van der Waals surface area (Å²) in [5, 5.41) is 13.7. The average Bonchev–Trinajstić information content (AvgIpc) is 2.46. The van der Waals surface area contributed by atoms with E-state index in [9.17, 15) is 14.9 Å². The fraction of sp³-hybridized carbons (Fsp3) is 0.533. The normalized spacial score (nSPS) is 24.4. The number of rotatable bonds is 5. The van der Waals surface area contributed by atoms with E-state index in [1.165, 1.54) is 12.1 Å². The zero-order chi connectivity index (χ0) is 16.4. The number of hydrogen-bond donors (Lipinski definition) is 2. The minimum absolute atomic E-state index is 0.0178. The molecule has 1 amide bonds. The first-order chi connectivity index (χ1) is 11.0. The zero-order valence-corrected chi connectivity index (χ0v) is 13.4. The topological polar surface area (TPSA) is 84.7 Å². The molecule has 2 fully saturated rings. The van der Waals surface area contributed by atoms with Gasteiger partial charge in [0, 0.05) is 55.9 Å². The van der Waals surface area contributed by atoms with Crippen LogP contribution in [0.1, 0.15) is 18.4 Å². The van der Waals surface area contributed by atoms with Gasteiger partial charge in [-0.1, -0.05) is 12.1 Å². The lowest BCUT2D eigenvalue weighted by atomic mass is 9.86. The summed E-state index contributed by atoms with van der Waals surface area (Å²) in [6.45, 7) is 2.33. The van der Waals surface area contributed by atoms with E-state index < -0.39 is 11.0 Å². The SMILES string of the molecule is O=C(NCc1ccc([N+](=O)[O-])cc1)OC1CC(N2CC(S)C2)C1. The summed E-state index contributed by atoms with van der Waals surface area (Å²) in [7, 11) is 0. The number of nitrogens with zero attached hydrogens (tertiary/aromatic N) is 2. The molecule has 23 heavy (non-hydrogen) atoms. The van der Waals surface area contributed by atoms with Crippen LogP contribution in [0.25, 0.3) is 0 Å². The highest BCUT2D eigenvalue weighted by Gasteiger charge is 2.40. The van der Waals surface area contributed by atoms with E-state index >= 15 is 0 Å². The molecule has 1 heterocycles. The number of thiol groups is 1.